The van der Waals surface area contributed by atoms with Crippen LogP contribution in [0.15, 0.2) is 18.5 Å². The summed E-state index contributed by atoms with van der Waals surface area (Å²) < 4.78 is 5.24. The minimum Gasteiger partial charge on any atom is -0.459 e. The first-order chi connectivity index (χ1) is 7.88. The molecule has 90 valence electrons. The van der Waals surface area contributed by atoms with Crippen molar-refractivity contribution in [2.45, 2.75) is 32.8 Å². The van der Waals surface area contributed by atoms with Crippen LogP contribution in [0.25, 0.3) is 0 Å². The number of Topliss-reactive ketones (excluding diaryl/α,β-unsaturated/α-hetero) is 1. The Morgan fingerprint density at radius 3 is 2.76 bits per heavy atom. The molecule has 4 nitrogen and oxygen atoms in total. The van der Waals surface area contributed by atoms with E-state index in [1.165, 1.54) is 6.20 Å². The highest BCUT2D eigenvalue weighted by Crippen LogP contribution is 2.27. The van der Waals surface area contributed by atoms with Gasteiger partial charge >= 0.3 is 5.97 Å². The lowest BCUT2D eigenvalue weighted by Gasteiger charge is -2.21. The molecule has 1 aromatic heterocycles. The minimum atomic E-state index is -0.701. The Hall–Kier alpha value is -1.71. The molecular weight excluding hydrogens is 218 g/mol. The number of aromatic nitrogens is 1. The molecule has 0 aliphatic heterocycles. The van der Waals surface area contributed by atoms with Crippen molar-refractivity contribution in [3.05, 3.63) is 29.6 Å². The zero-order chi connectivity index (χ0) is 12.6. The van der Waals surface area contributed by atoms with E-state index in [2.05, 4.69) is 4.98 Å². The van der Waals surface area contributed by atoms with E-state index in [0.717, 1.165) is 5.56 Å². The van der Waals surface area contributed by atoms with E-state index >= 15 is 0 Å². The number of carbonyl (C=O) groups is 2. The van der Waals surface area contributed by atoms with Gasteiger partial charge in [-0.05, 0) is 38.8 Å². The number of hydrogen-bond donors (Lipinski definition) is 0. The summed E-state index contributed by atoms with van der Waals surface area (Å²) in [6.45, 7) is 5.37. The van der Waals surface area contributed by atoms with Crippen LogP contribution in [0.1, 0.15) is 36.7 Å². The van der Waals surface area contributed by atoms with Crippen molar-refractivity contribution in [2.75, 3.05) is 0 Å². The Balaban J connectivity index is 2.18. The smallest absolute Gasteiger partial charge is 0.317 e. The van der Waals surface area contributed by atoms with Gasteiger partial charge in [0, 0.05) is 18.0 Å². The number of fused-ring (bicyclic) bond motifs is 1. The third-order valence-electron chi connectivity index (χ3n) is 2.61. The third kappa shape index (κ3) is 2.35. The maximum Gasteiger partial charge on any atom is 0.317 e. The average molecular weight is 233 g/mol. The number of esters is 1. The molecule has 17 heavy (non-hydrogen) atoms. The Labute approximate surface area is 100 Å². The molecule has 1 aromatic rings. The van der Waals surface area contributed by atoms with Crippen LogP contribution in [-0.2, 0) is 16.0 Å². The molecule has 1 unspecified atom stereocenters. The first-order valence-electron chi connectivity index (χ1n) is 5.58. The lowest BCUT2D eigenvalue weighted by molar-refractivity contribution is -0.157. The molecule has 1 aliphatic carbocycles. The van der Waals surface area contributed by atoms with Gasteiger partial charge in [-0.15, -0.1) is 0 Å². The molecule has 0 spiro atoms. The van der Waals surface area contributed by atoms with Crippen LogP contribution in [0, 0.1) is 5.92 Å². The molecule has 2 rings (SSSR count). The molecule has 0 aromatic carbocycles. The van der Waals surface area contributed by atoms with Gasteiger partial charge in [-0.3, -0.25) is 14.6 Å². The van der Waals surface area contributed by atoms with Gasteiger partial charge in [-0.25, -0.2) is 0 Å². The number of ketones is 1. The van der Waals surface area contributed by atoms with Crippen molar-refractivity contribution >= 4 is 11.8 Å². The van der Waals surface area contributed by atoms with E-state index in [9.17, 15) is 9.59 Å². The lowest BCUT2D eigenvalue weighted by atomic mass is 10.1. The summed E-state index contributed by atoms with van der Waals surface area (Å²) in [5.74, 6) is -1.32. The summed E-state index contributed by atoms with van der Waals surface area (Å²) in [6.07, 6.45) is 3.57. The Kier molecular flexibility index (Phi) is 2.73. The average Bonchev–Trinajstić information content (AvgIpc) is 2.55. The highest BCUT2D eigenvalue weighted by atomic mass is 16.6. The molecular formula is C13H15NO3. The largest absolute Gasteiger partial charge is 0.459 e. The second-order valence-electron chi connectivity index (χ2n) is 5.19. The van der Waals surface area contributed by atoms with Crippen LogP contribution in [0.5, 0.6) is 0 Å². The van der Waals surface area contributed by atoms with E-state index in [1.807, 2.05) is 0 Å². The number of rotatable bonds is 1. The molecule has 0 saturated carbocycles. The standard InChI is InChI=1S/C13H15NO3/c1-13(2,3)17-12(16)9-6-8-4-5-14-7-10(8)11(9)15/h4-5,7,9H,6H2,1-3H3. The van der Waals surface area contributed by atoms with E-state index < -0.39 is 17.5 Å². The van der Waals surface area contributed by atoms with E-state index in [1.54, 1.807) is 33.0 Å². The predicted octanol–water partition coefficient (Wildman–Crippen LogP) is 1.78. The minimum absolute atomic E-state index is 0.178. The van der Waals surface area contributed by atoms with Gasteiger partial charge < -0.3 is 4.74 Å². The SMILES string of the molecule is CC(C)(C)OC(=O)C1Cc2ccncc2C1=O. The molecule has 0 amide bonds. The molecule has 1 heterocycles. The van der Waals surface area contributed by atoms with Crippen LogP contribution in [0.3, 0.4) is 0 Å². The van der Waals surface area contributed by atoms with Gasteiger partial charge in [0.25, 0.3) is 0 Å². The van der Waals surface area contributed by atoms with Crippen molar-refractivity contribution in [1.82, 2.24) is 4.98 Å². The van der Waals surface area contributed by atoms with Crippen molar-refractivity contribution in [3.8, 4) is 0 Å². The number of nitrogens with zero attached hydrogens (tertiary/aromatic N) is 1. The molecule has 0 bridgehead atoms. The Bertz CT molecular complexity index is 474. The first-order valence-corrected chi connectivity index (χ1v) is 5.58. The predicted molar refractivity (Wildman–Crippen MR) is 61.6 cm³/mol. The van der Waals surface area contributed by atoms with Gasteiger partial charge in [0.1, 0.15) is 11.5 Å². The summed E-state index contributed by atoms with van der Waals surface area (Å²) in [5.41, 5.74) is 0.855. The van der Waals surface area contributed by atoms with E-state index in [0.29, 0.717) is 12.0 Å². The van der Waals surface area contributed by atoms with E-state index in [4.69, 9.17) is 4.74 Å². The monoisotopic (exact) mass is 233 g/mol. The quantitative estimate of drug-likeness (QED) is 0.548. The number of pyridine rings is 1. The van der Waals surface area contributed by atoms with E-state index in [-0.39, 0.29) is 5.78 Å². The van der Waals surface area contributed by atoms with Gasteiger partial charge in [-0.2, -0.15) is 0 Å². The Morgan fingerprint density at radius 1 is 1.47 bits per heavy atom. The van der Waals surface area contributed by atoms with Crippen LogP contribution in [-0.4, -0.2) is 22.3 Å². The summed E-state index contributed by atoms with van der Waals surface area (Å²) in [7, 11) is 0. The number of hydrogen-bond acceptors (Lipinski definition) is 4. The van der Waals surface area contributed by atoms with Gasteiger partial charge in [0.15, 0.2) is 5.78 Å². The van der Waals surface area contributed by atoms with Crippen molar-refractivity contribution in [1.29, 1.82) is 0 Å². The second-order valence-corrected chi connectivity index (χ2v) is 5.19. The fourth-order valence-corrected chi connectivity index (χ4v) is 1.89. The molecule has 4 heteroatoms. The highest BCUT2D eigenvalue weighted by Gasteiger charge is 2.38. The van der Waals surface area contributed by atoms with Crippen LogP contribution in [0.2, 0.25) is 0 Å². The van der Waals surface area contributed by atoms with Crippen LogP contribution >= 0.6 is 0 Å². The second kappa shape index (κ2) is 3.95. The molecule has 0 fully saturated rings. The van der Waals surface area contributed by atoms with Crippen molar-refractivity contribution < 1.29 is 14.3 Å². The van der Waals surface area contributed by atoms with Gasteiger partial charge in [-0.1, -0.05) is 0 Å². The molecule has 0 saturated heterocycles. The topological polar surface area (TPSA) is 56.3 Å². The Morgan fingerprint density at radius 2 is 2.18 bits per heavy atom. The third-order valence-corrected chi connectivity index (χ3v) is 2.61. The maximum absolute atomic E-state index is 12.0. The van der Waals surface area contributed by atoms with Crippen LogP contribution < -0.4 is 0 Å². The molecule has 1 atom stereocenters. The lowest BCUT2D eigenvalue weighted by Crippen LogP contribution is -2.31. The summed E-state index contributed by atoms with van der Waals surface area (Å²) in [5, 5.41) is 0. The maximum atomic E-state index is 12.0. The molecule has 1 aliphatic rings. The van der Waals surface area contributed by atoms with Gasteiger partial charge in [0.05, 0.1) is 0 Å². The molecule has 0 radical (unpaired) electrons. The highest BCUT2D eigenvalue weighted by molar-refractivity contribution is 6.12. The normalized spacial score (nSPS) is 19.0. The zero-order valence-electron chi connectivity index (χ0n) is 10.2. The zero-order valence-corrected chi connectivity index (χ0v) is 10.2. The van der Waals surface area contributed by atoms with Crippen LogP contribution in [0.4, 0.5) is 0 Å². The van der Waals surface area contributed by atoms with Crippen molar-refractivity contribution in [2.24, 2.45) is 5.92 Å². The number of ether oxygens (including phenoxy) is 1. The first kappa shape index (κ1) is 11.8. The van der Waals surface area contributed by atoms with Gasteiger partial charge in [0.2, 0.25) is 0 Å². The molecule has 0 N–H and O–H groups in total. The fraction of sp³-hybridized carbons (Fsp3) is 0.462. The summed E-state index contributed by atoms with van der Waals surface area (Å²) in [4.78, 5) is 27.8. The summed E-state index contributed by atoms with van der Waals surface area (Å²) >= 11 is 0. The van der Waals surface area contributed by atoms with Crippen molar-refractivity contribution in [3.63, 3.8) is 0 Å². The summed E-state index contributed by atoms with van der Waals surface area (Å²) in [6, 6.07) is 1.78. The number of carbonyl (C=O) groups excluding carboxylic acids is 2. The fourth-order valence-electron chi connectivity index (χ4n) is 1.89.